The Balaban J connectivity index is 0.000000218. The molecule has 0 saturated heterocycles. The summed E-state index contributed by atoms with van der Waals surface area (Å²) >= 11 is 0. The molecule has 0 heterocycles. The Morgan fingerprint density at radius 3 is 1.31 bits per heavy atom. The molecule has 0 bridgehead atoms. The highest BCUT2D eigenvalue weighted by Crippen LogP contribution is 2.38. The molecular weight excluding hydrogens is 348 g/mol. The second-order valence-corrected chi connectivity index (χ2v) is 9.16. The van der Waals surface area contributed by atoms with Crippen LogP contribution in [0.1, 0.15) is 116 Å². The van der Waals surface area contributed by atoms with Crippen molar-refractivity contribution in [2.75, 3.05) is 0 Å². The van der Waals surface area contributed by atoms with Crippen LogP contribution < -0.4 is 0 Å². The van der Waals surface area contributed by atoms with E-state index in [2.05, 4.69) is 102 Å². The largest absolute Gasteiger partial charge is 0.0649 e. The summed E-state index contributed by atoms with van der Waals surface area (Å²) in [7, 11) is 0. The maximum atomic E-state index is 2.44. The van der Waals surface area contributed by atoms with Crippen molar-refractivity contribution < 1.29 is 0 Å². The van der Waals surface area contributed by atoms with Crippen LogP contribution in [0.3, 0.4) is 0 Å². The van der Waals surface area contributed by atoms with Crippen LogP contribution in [0.5, 0.6) is 0 Å². The van der Waals surface area contributed by atoms with Crippen LogP contribution in [-0.2, 0) is 0 Å². The van der Waals surface area contributed by atoms with Gasteiger partial charge in [-0.3, -0.25) is 0 Å². The fourth-order valence-corrected chi connectivity index (χ4v) is 3.79. The third kappa shape index (κ3) is 10.2. The maximum Gasteiger partial charge on any atom is -0.0193 e. The summed E-state index contributed by atoms with van der Waals surface area (Å²) in [4.78, 5) is 0. The van der Waals surface area contributed by atoms with E-state index < -0.39 is 0 Å². The van der Waals surface area contributed by atoms with Gasteiger partial charge in [0.25, 0.3) is 0 Å². The van der Waals surface area contributed by atoms with Gasteiger partial charge in [0, 0.05) is 0 Å². The summed E-state index contributed by atoms with van der Waals surface area (Å²) in [6.07, 6.45) is 11.2. The van der Waals surface area contributed by atoms with Crippen molar-refractivity contribution in [1.82, 2.24) is 0 Å². The van der Waals surface area contributed by atoms with Crippen LogP contribution in [0.25, 0.3) is 0 Å². The van der Waals surface area contributed by atoms with E-state index in [-0.39, 0.29) is 0 Å². The highest BCUT2D eigenvalue weighted by Gasteiger charge is 2.23. The van der Waals surface area contributed by atoms with Crippen LogP contribution >= 0.6 is 0 Å². The molecule has 1 fully saturated rings. The molecule has 0 amide bonds. The molecule has 162 valence electrons. The molecular formula is C29H46. The number of hydrogen-bond acceptors (Lipinski definition) is 0. The second kappa shape index (κ2) is 14.4. The first-order valence-corrected chi connectivity index (χ1v) is 12.1. The molecule has 2 unspecified atom stereocenters. The Labute approximate surface area is 182 Å². The summed E-state index contributed by atoms with van der Waals surface area (Å²) in [6, 6.07) is 21.3. The lowest BCUT2D eigenvalue weighted by Crippen LogP contribution is -2.18. The predicted molar refractivity (Wildman–Crippen MR) is 132 cm³/mol. The molecule has 0 radical (unpaired) electrons. The van der Waals surface area contributed by atoms with Crippen LogP contribution in [0.2, 0.25) is 0 Å². The molecule has 1 saturated carbocycles. The van der Waals surface area contributed by atoms with E-state index >= 15 is 0 Å². The highest BCUT2D eigenvalue weighted by molar-refractivity contribution is 5.19. The molecule has 0 N–H and O–H groups in total. The second-order valence-electron chi connectivity index (χ2n) is 9.16. The molecule has 2 aromatic carbocycles. The molecule has 0 aliphatic heterocycles. The van der Waals surface area contributed by atoms with E-state index in [1.165, 1.54) is 62.5 Å². The van der Waals surface area contributed by atoms with E-state index in [1.807, 2.05) is 0 Å². The van der Waals surface area contributed by atoms with Gasteiger partial charge in [-0.25, -0.2) is 0 Å². The van der Waals surface area contributed by atoms with Gasteiger partial charge in [0.1, 0.15) is 0 Å². The van der Waals surface area contributed by atoms with Crippen molar-refractivity contribution in [3.63, 3.8) is 0 Å². The minimum atomic E-state index is 0.709. The summed E-state index contributed by atoms with van der Waals surface area (Å²) in [5, 5.41) is 0. The zero-order valence-corrected chi connectivity index (χ0v) is 20.1. The van der Waals surface area contributed by atoms with Crippen LogP contribution in [0, 0.1) is 5.41 Å². The fourth-order valence-electron chi connectivity index (χ4n) is 3.79. The van der Waals surface area contributed by atoms with Crippen molar-refractivity contribution in [3.05, 3.63) is 71.8 Å². The molecule has 2 aromatic rings. The number of rotatable bonds is 5. The summed E-state index contributed by atoms with van der Waals surface area (Å²) < 4.78 is 0. The lowest BCUT2D eigenvalue weighted by molar-refractivity contribution is 0.208. The lowest BCUT2D eigenvalue weighted by Gasteiger charge is -2.32. The molecule has 0 aromatic heterocycles. The fraction of sp³-hybridized carbons (Fsp3) is 0.586. The van der Waals surface area contributed by atoms with Gasteiger partial charge in [0.05, 0.1) is 0 Å². The van der Waals surface area contributed by atoms with E-state index in [1.54, 1.807) is 0 Å². The lowest BCUT2D eigenvalue weighted by atomic mass is 9.74. The summed E-state index contributed by atoms with van der Waals surface area (Å²) in [5.41, 5.74) is 3.62. The van der Waals surface area contributed by atoms with E-state index in [9.17, 15) is 0 Å². The average Bonchev–Trinajstić information content (AvgIpc) is 2.80. The van der Waals surface area contributed by atoms with Crippen LogP contribution in [0.15, 0.2) is 60.7 Å². The van der Waals surface area contributed by atoms with Crippen molar-refractivity contribution in [1.29, 1.82) is 0 Å². The summed E-state index contributed by atoms with van der Waals surface area (Å²) in [6.45, 7) is 13.7. The van der Waals surface area contributed by atoms with Gasteiger partial charge in [-0.2, -0.15) is 0 Å². The maximum absolute atomic E-state index is 2.44. The zero-order valence-electron chi connectivity index (χ0n) is 20.1. The first-order valence-electron chi connectivity index (χ1n) is 12.1. The Morgan fingerprint density at radius 1 is 0.655 bits per heavy atom. The Hall–Kier alpha value is -1.56. The molecule has 1 aliphatic carbocycles. The van der Waals surface area contributed by atoms with Crippen molar-refractivity contribution in [2.24, 2.45) is 5.41 Å². The number of hydrogen-bond donors (Lipinski definition) is 0. The van der Waals surface area contributed by atoms with Crippen LogP contribution in [-0.4, -0.2) is 0 Å². The highest BCUT2D eigenvalue weighted by atomic mass is 14.3. The quantitative estimate of drug-likeness (QED) is 0.473. The van der Waals surface area contributed by atoms with Gasteiger partial charge in [0.15, 0.2) is 0 Å². The molecule has 29 heavy (non-hydrogen) atoms. The Morgan fingerprint density at radius 2 is 1.03 bits per heavy atom. The van der Waals surface area contributed by atoms with E-state index in [4.69, 9.17) is 0 Å². The molecule has 0 spiro atoms. The third-order valence-corrected chi connectivity index (χ3v) is 6.88. The Kier molecular flexibility index (Phi) is 12.7. The van der Waals surface area contributed by atoms with Gasteiger partial charge in [-0.1, -0.05) is 128 Å². The Bertz CT molecular complexity index is 562. The zero-order chi connectivity index (χ0) is 21.5. The monoisotopic (exact) mass is 394 g/mol. The van der Waals surface area contributed by atoms with Gasteiger partial charge in [-0.15, -0.1) is 0 Å². The molecule has 3 rings (SSSR count). The predicted octanol–water partition coefficient (Wildman–Crippen LogP) is 9.77. The normalized spacial score (nSPS) is 17.0. The van der Waals surface area contributed by atoms with Gasteiger partial charge >= 0.3 is 0 Å². The van der Waals surface area contributed by atoms with Crippen molar-refractivity contribution >= 4 is 0 Å². The average molecular weight is 395 g/mol. The van der Waals surface area contributed by atoms with Gasteiger partial charge in [-0.05, 0) is 54.1 Å². The SMILES string of the molecule is CCC(C)c1ccccc1.CCC(C)c1ccccc1.CCC1(C)CCCCC1. The van der Waals surface area contributed by atoms with E-state index in [0.717, 1.165) is 5.41 Å². The van der Waals surface area contributed by atoms with Gasteiger partial charge < -0.3 is 0 Å². The minimum absolute atomic E-state index is 0.709. The van der Waals surface area contributed by atoms with Crippen molar-refractivity contribution in [2.45, 2.75) is 105 Å². The molecule has 1 aliphatic rings. The minimum Gasteiger partial charge on any atom is -0.0649 e. The third-order valence-electron chi connectivity index (χ3n) is 6.88. The molecule has 2 atom stereocenters. The van der Waals surface area contributed by atoms with Crippen molar-refractivity contribution in [3.8, 4) is 0 Å². The smallest absolute Gasteiger partial charge is 0.0193 e. The van der Waals surface area contributed by atoms with E-state index in [0.29, 0.717) is 11.8 Å². The number of benzene rings is 2. The first-order chi connectivity index (χ1) is 14.0. The topological polar surface area (TPSA) is 0 Å². The standard InChI is InChI=1S/2C10H14.C9H18/c2*1-3-9(2)10-7-5-4-6-8-10;1-3-9(2)7-5-4-6-8-9/h2*4-9H,3H2,1-2H3;3-8H2,1-2H3. The first kappa shape index (κ1) is 25.5. The molecule has 0 nitrogen and oxygen atoms in total. The van der Waals surface area contributed by atoms with Crippen LogP contribution in [0.4, 0.5) is 0 Å². The van der Waals surface area contributed by atoms with Gasteiger partial charge in [0.2, 0.25) is 0 Å². The summed E-state index contributed by atoms with van der Waals surface area (Å²) in [5.74, 6) is 1.42. The molecule has 0 heteroatoms.